The number of hydrogen-bond donors (Lipinski definition) is 1. The lowest BCUT2D eigenvalue weighted by Crippen LogP contribution is -2.03. The summed E-state index contributed by atoms with van der Waals surface area (Å²) in [6, 6.07) is 0. The first-order valence-corrected chi connectivity index (χ1v) is 6.98. The number of aromatic nitrogens is 4. The second kappa shape index (κ2) is 4.66. The van der Waals surface area contributed by atoms with Crippen LogP contribution in [0, 0.1) is 6.92 Å². The molecular weight excluding hydrogens is 314 g/mol. The van der Waals surface area contributed by atoms with E-state index in [1.54, 1.807) is 17.5 Å². The number of thiazole rings is 1. The zero-order valence-corrected chi connectivity index (χ0v) is 12.0. The van der Waals surface area contributed by atoms with E-state index in [2.05, 4.69) is 36.2 Å². The Labute approximate surface area is 116 Å². The Morgan fingerprint density at radius 1 is 1.44 bits per heavy atom. The molecule has 18 heavy (non-hydrogen) atoms. The summed E-state index contributed by atoms with van der Waals surface area (Å²) < 4.78 is 2.70. The van der Waals surface area contributed by atoms with Crippen molar-refractivity contribution >= 4 is 38.7 Å². The van der Waals surface area contributed by atoms with Crippen molar-refractivity contribution in [2.24, 2.45) is 0 Å². The summed E-state index contributed by atoms with van der Waals surface area (Å²) in [6.07, 6.45) is 7.41. The molecule has 5 nitrogen and oxygen atoms in total. The first-order chi connectivity index (χ1) is 8.72. The summed E-state index contributed by atoms with van der Waals surface area (Å²) in [7, 11) is 0. The van der Waals surface area contributed by atoms with Crippen LogP contribution in [-0.2, 0) is 6.54 Å². The maximum Gasteiger partial charge on any atom is 0.180 e. The predicted octanol–water partition coefficient (Wildman–Crippen LogP) is 2.87. The lowest BCUT2D eigenvalue weighted by molar-refractivity contribution is 1.06. The van der Waals surface area contributed by atoms with Gasteiger partial charge in [-0.1, -0.05) is 0 Å². The summed E-state index contributed by atoms with van der Waals surface area (Å²) >= 11 is 5.07. The van der Waals surface area contributed by atoms with Crippen LogP contribution in [0.15, 0.2) is 29.4 Å². The van der Waals surface area contributed by atoms with Gasteiger partial charge in [-0.15, -0.1) is 11.3 Å². The number of hydrogen-bond acceptors (Lipinski definition) is 5. The van der Waals surface area contributed by atoms with E-state index in [0.29, 0.717) is 6.54 Å². The summed E-state index contributed by atoms with van der Waals surface area (Å²) in [5.41, 5.74) is 0.819. The highest BCUT2D eigenvalue weighted by Gasteiger charge is 2.06. The molecule has 92 valence electrons. The van der Waals surface area contributed by atoms with E-state index < -0.39 is 0 Å². The fourth-order valence-corrected chi connectivity index (χ4v) is 2.81. The van der Waals surface area contributed by atoms with Gasteiger partial charge in [0.05, 0.1) is 11.6 Å². The standard InChI is InChI=1S/C11H10BrN5S/c1-7-14-4-8(18-7)5-15-10-11-13-2-3-17(11)6-9(12)16-10/h2-4,6H,5H2,1H3,(H,15,16). The fourth-order valence-electron chi connectivity index (χ4n) is 1.68. The molecular formula is C11H10BrN5S. The van der Waals surface area contributed by atoms with Crippen LogP contribution in [0.25, 0.3) is 5.65 Å². The van der Waals surface area contributed by atoms with E-state index in [9.17, 15) is 0 Å². The lowest BCUT2D eigenvalue weighted by atomic mass is 10.5. The van der Waals surface area contributed by atoms with Gasteiger partial charge < -0.3 is 9.72 Å². The molecule has 0 fully saturated rings. The molecule has 0 saturated heterocycles. The van der Waals surface area contributed by atoms with Crippen LogP contribution >= 0.6 is 27.3 Å². The molecule has 3 aromatic heterocycles. The monoisotopic (exact) mass is 323 g/mol. The molecule has 0 unspecified atom stereocenters. The maximum atomic E-state index is 4.40. The number of nitrogens with zero attached hydrogens (tertiary/aromatic N) is 4. The molecule has 0 aliphatic heterocycles. The minimum Gasteiger partial charge on any atom is -0.362 e. The van der Waals surface area contributed by atoms with Crippen molar-refractivity contribution in [1.82, 2.24) is 19.4 Å². The van der Waals surface area contributed by atoms with Crippen molar-refractivity contribution in [2.45, 2.75) is 13.5 Å². The number of fused-ring (bicyclic) bond motifs is 1. The Hall–Kier alpha value is -1.47. The molecule has 0 aliphatic rings. The van der Waals surface area contributed by atoms with Crippen LogP contribution in [0.3, 0.4) is 0 Å². The topological polar surface area (TPSA) is 55.1 Å². The van der Waals surface area contributed by atoms with Gasteiger partial charge in [0.2, 0.25) is 0 Å². The average Bonchev–Trinajstić information content (AvgIpc) is 2.94. The third kappa shape index (κ3) is 2.23. The molecule has 7 heteroatoms. The highest BCUT2D eigenvalue weighted by atomic mass is 79.9. The number of imidazole rings is 1. The molecule has 3 aromatic rings. The molecule has 0 aliphatic carbocycles. The zero-order valence-electron chi connectivity index (χ0n) is 9.59. The minimum absolute atomic E-state index is 0.706. The molecule has 0 radical (unpaired) electrons. The van der Waals surface area contributed by atoms with Crippen molar-refractivity contribution in [1.29, 1.82) is 0 Å². The largest absolute Gasteiger partial charge is 0.362 e. The van der Waals surface area contributed by atoms with Gasteiger partial charge in [-0.3, -0.25) is 0 Å². The van der Waals surface area contributed by atoms with Crippen molar-refractivity contribution in [3.05, 3.63) is 39.3 Å². The fraction of sp³-hybridized carbons (Fsp3) is 0.182. The van der Waals surface area contributed by atoms with Crippen molar-refractivity contribution in [3.63, 3.8) is 0 Å². The van der Waals surface area contributed by atoms with Crippen LogP contribution < -0.4 is 5.32 Å². The second-order valence-electron chi connectivity index (χ2n) is 3.77. The number of halogens is 1. The van der Waals surface area contributed by atoms with Gasteiger partial charge in [-0.05, 0) is 22.9 Å². The van der Waals surface area contributed by atoms with E-state index in [-0.39, 0.29) is 0 Å². The molecule has 0 saturated carbocycles. The van der Waals surface area contributed by atoms with E-state index in [4.69, 9.17) is 0 Å². The third-order valence-electron chi connectivity index (χ3n) is 2.44. The van der Waals surface area contributed by atoms with Crippen LogP contribution in [0.4, 0.5) is 5.82 Å². The molecule has 1 N–H and O–H groups in total. The summed E-state index contributed by atoms with van der Waals surface area (Å²) in [4.78, 5) is 14.1. The van der Waals surface area contributed by atoms with E-state index >= 15 is 0 Å². The van der Waals surface area contributed by atoms with Gasteiger partial charge in [0.1, 0.15) is 4.60 Å². The normalized spacial score (nSPS) is 11.0. The van der Waals surface area contributed by atoms with E-state index in [1.807, 2.05) is 29.9 Å². The highest BCUT2D eigenvalue weighted by molar-refractivity contribution is 9.10. The van der Waals surface area contributed by atoms with E-state index in [1.165, 1.54) is 4.88 Å². The SMILES string of the molecule is Cc1ncc(CNc2nc(Br)cn3ccnc23)s1. The molecule has 0 spiro atoms. The Bertz CT molecular complexity index is 690. The van der Waals surface area contributed by atoms with Crippen LogP contribution in [-0.4, -0.2) is 19.4 Å². The van der Waals surface area contributed by atoms with Gasteiger partial charge in [0, 0.05) is 29.7 Å². The maximum absolute atomic E-state index is 4.40. The Morgan fingerprint density at radius 3 is 3.11 bits per heavy atom. The predicted molar refractivity (Wildman–Crippen MR) is 74.9 cm³/mol. The smallest absolute Gasteiger partial charge is 0.180 e. The first kappa shape index (κ1) is 11.6. The Morgan fingerprint density at radius 2 is 2.33 bits per heavy atom. The number of rotatable bonds is 3. The van der Waals surface area contributed by atoms with Crippen molar-refractivity contribution in [3.8, 4) is 0 Å². The molecule has 0 bridgehead atoms. The number of anilines is 1. The number of aryl methyl sites for hydroxylation is 1. The zero-order chi connectivity index (χ0) is 12.5. The molecule has 0 atom stereocenters. The average molecular weight is 324 g/mol. The Balaban J connectivity index is 1.87. The van der Waals surface area contributed by atoms with Gasteiger partial charge in [-0.25, -0.2) is 15.0 Å². The number of nitrogens with one attached hydrogen (secondary N) is 1. The molecule has 0 aromatic carbocycles. The quantitative estimate of drug-likeness (QED) is 0.805. The van der Waals surface area contributed by atoms with Crippen LogP contribution in [0.5, 0.6) is 0 Å². The summed E-state index contributed by atoms with van der Waals surface area (Å²) in [5, 5.41) is 4.36. The second-order valence-corrected chi connectivity index (χ2v) is 5.90. The van der Waals surface area contributed by atoms with Crippen LogP contribution in [0.1, 0.15) is 9.88 Å². The Kier molecular flexibility index (Phi) is 3.00. The summed E-state index contributed by atoms with van der Waals surface area (Å²) in [5.74, 6) is 0.764. The van der Waals surface area contributed by atoms with Gasteiger partial charge in [0.15, 0.2) is 11.5 Å². The minimum atomic E-state index is 0.706. The molecule has 3 heterocycles. The van der Waals surface area contributed by atoms with Gasteiger partial charge in [-0.2, -0.15) is 0 Å². The molecule has 3 rings (SSSR count). The van der Waals surface area contributed by atoms with Crippen molar-refractivity contribution < 1.29 is 0 Å². The highest BCUT2D eigenvalue weighted by Crippen LogP contribution is 2.19. The van der Waals surface area contributed by atoms with Gasteiger partial charge >= 0.3 is 0 Å². The van der Waals surface area contributed by atoms with E-state index in [0.717, 1.165) is 21.1 Å². The first-order valence-electron chi connectivity index (χ1n) is 5.37. The lowest BCUT2D eigenvalue weighted by Gasteiger charge is -2.06. The summed E-state index contributed by atoms with van der Waals surface area (Å²) in [6.45, 7) is 2.70. The molecule has 0 amide bonds. The third-order valence-corrected chi connectivity index (χ3v) is 3.74. The van der Waals surface area contributed by atoms with Crippen LogP contribution in [0.2, 0.25) is 0 Å². The van der Waals surface area contributed by atoms with Crippen molar-refractivity contribution in [2.75, 3.05) is 5.32 Å². The van der Waals surface area contributed by atoms with Gasteiger partial charge in [0.25, 0.3) is 0 Å².